The number of aromatic nitrogens is 1. The Bertz CT molecular complexity index is 1020. The minimum absolute atomic E-state index is 0.0275. The molecule has 11 heteroatoms. The molecule has 2 rings (SSSR count). The van der Waals surface area contributed by atoms with Crippen molar-refractivity contribution in [1.82, 2.24) is 9.69 Å². The molecule has 10 nitrogen and oxygen atoms in total. The lowest BCUT2D eigenvalue weighted by Gasteiger charge is -2.31. The summed E-state index contributed by atoms with van der Waals surface area (Å²) in [4.78, 5) is 40.1. The van der Waals surface area contributed by atoms with Gasteiger partial charge >= 0.3 is 0 Å². The number of methoxy groups -OCH3 is 2. The summed E-state index contributed by atoms with van der Waals surface area (Å²) >= 11 is 0.768. The highest BCUT2D eigenvalue weighted by molar-refractivity contribution is 7.09. The molecule has 0 saturated carbocycles. The monoisotopic (exact) mass is 491 g/mol. The predicted molar refractivity (Wildman–Crippen MR) is 133 cm³/mol. The molecule has 186 valence electrons. The quantitative estimate of drug-likeness (QED) is 0.413. The fraction of sp³-hybridized carbons (Fsp3) is 0.478. The second kappa shape index (κ2) is 12.2. The maximum atomic E-state index is 13.8. The van der Waals surface area contributed by atoms with Crippen LogP contribution in [0, 0.1) is 5.92 Å². The number of amides is 3. The Morgan fingerprint density at radius 2 is 1.82 bits per heavy atom. The molecule has 0 radical (unpaired) electrons. The molecular formula is C23H33N5O5S. The molecule has 1 atom stereocenters. The summed E-state index contributed by atoms with van der Waals surface area (Å²) in [6.45, 7) is 6.55. The van der Waals surface area contributed by atoms with Crippen LogP contribution in [0.2, 0.25) is 0 Å². The third kappa shape index (κ3) is 6.16. The largest absolute Gasteiger partial charge is 0.493 e. The minimum Gasteiger partial charge on any atom is -0.493 e. The van der Waals surface area contributed by atoms with E-state index in [4.69, 9.17) is 20.9 Å². The van der Waals surface area contributed by atoms with Crippen LogP contribution in [0.4, 0.5) is 11.4 Å². The molecule has 0 aliphatic heterocycles. The van der Waals surface area contributed by atoms with E-state index in [1.807, 2.05) is 6.92 Å². The summed E-state index contributed by atoms with van der Waals surface area (Å²) in [5.74, 6) is -0.403. The lowest BCUT2D eigenvalue weighted by Crippen LogP contribution is -2.50. The van der Waals surface area contributed by atoms with Gasteiger partial charge in [0.25, 0.3) is 11.8 Å². The molecule has 0 aliphatic rings. The van der Waals surface area contributed by atoms with Crippen LogP contribution < -0.4 is 31.2 Å². The van der Waals surface area contributed by atoms with Gasteiger partial charge in [0.15, 0.2) is 17.2 Å². The number of anilines is 2. The average Bonchev–Trinajstić information content (AvgIpc) is 3.19. The molecule has 0 spiro atoms. The SMILES string of the molecule is CCCC(C(=O)NCCC(C)C)N(C(=O)c1snc(C(N)=O)c1N)c1ccc(OC)c(OC)c1. The van der Waals surface area contributed by atoms with Gasteiger partial charge in [0.1, 0.15) is 10.9 Å². The van der Waals surface area contributed by atoms with E-state index in [1.54, 1.807) is 18.2 Å². The smallest absolute Gasteiger partial charge is 0.272 e. The number of primary amides is 1. The van der Waals surface area contributed by atoms with Gasteiger partial charge in [-0.1, -0.05) is 27.2 Å². The third-order valence-electron chi connectivity index (χ3n) is 5.22. The van der Waals surface area contributed by atoms with Gasteiger partial charge < -0.3 is 26.3 Å². The molecule has 0 bridgehead atoms. The third-order valence-corrected chi connectivity index (χ3v) is 6.07. The minimum atomic E-state index is -0.832. The maximum Gasteiger partial charge on any atom is 0.272 e. The molecule has 0 fully saturated rings. The standard InChI is InChI=1S/C23H33N5O5S/c1-6-7-15(22(30)26-11-10-13(2)3)28(14-8-9-16(32-4)17(12-14)33-5)23(31)20-18(24)19(21(25)29)27-34-20/h8-9,12-13,15H,6-7,10-11,24H2,1-5H3,(H2,25,29)(H,26,30). The zero-order valence-electron chi connectivity index (χ0n) is 20.2. The van der Waals surface area contributed by atoms with Crippen molar-refractivity contribution in [1.29, 1.82) is 0 Å². The molecule has 34 heavy (non-hydrogen) atoms. The molecule has 3 amide bonds. The summed E-state index contributed by atoms with van der Waals surface area (Å²) in [5.41, 5.74) is 11.5. The van der Waals surface area contributed by atoms with Gasteiger partial charge in [-0.25, -0.2) is 0 Å². The lowest BCUT2D eigenvalue weighted by atomic mass is 10.1. The first kappa shape index (κ1) is 26.9. The van der Waals surface area contributed by atoms with Crippen LogP contribution >= 0.6 is 11.5 Å². The molecular weight excluding hydrogens is 458 g/mol. The Kier molecular flexibility index (Phi) is 9.67. The fourth-order valence-electron chi connectivity index (χ4n) is 3.40. The number of ether oxygens (including phenoxy) is 2. The van der Waals surface area contributed by atoms with E-state index in [9.17, 15) is 14.4 Å². The maximum absolute atomic E-state index is 13.8. The molecule has 1 aromatic heterocycles. The predicted octanol–water partition coefficient (Wildman–Crippen LogP) is 2.82. The van der Waals surface area contributed by atoms with E-state index in [1.165, 1.54) is 19.1 Å². The zero-order chi connectivity index (χ0) is 25.4. The average molecular weight is 492 g/mol. The Balaban J connectivity index is 2.58. The van der Waals surface area contributed by atoms with Gasteiger partial charge in [-0.15, -0.1) is 0 Å². The first-order valence-corrected chi connectivity index (χ1v) is 11.8. The topological polar surface area (TPSA) is 150 Å². The van der Waals surface area contributed by atoms with Crippen LogP contribution in [-0.4, -0.2) is 48.9 Å². The first-order chi connectivity index (χ1) is 16.2. The van der Waals surface area contributed by atoms with Crippen LogP contribution in [0.25, 0.3) is 0 Å². The van der Waals surface area contributed by atoms with Crippen molar-refractivity contribution in [3.8, 4) is 11.5 Å². The highest BCUT2D eigenvalue weighted by Gasteiger charge is 2.34. The summed E-state index contributed by atoms with van der Waals surface area (Å²) in [6.07, 6.45) is 1.84. The van der Waals surface area contributed by atoms with Crippen molar-refractivity contribution >= 4 is 40.6 Å². The highest BCUT2D eigenvalue weighted by atomic mass is 32.1. The molecule has 2 aromatic rings. The molecule has 1 aromatic carbocycles. The van der Waals surface area contributed by atoms with Crippen molar-refractivity contribution in [2.24, 2.45) is 11.7 Å². The van der Waals surface area contributed by atoms with Gasteiger partial charge in [0, 0.05) is 18.3 Å². The van der Waals surface area contributed by atoms with E-state index in [0.717, 1.165) is 18.0 Å². The van der Waals surface area contributed by atoms with Crippen LogP contribution in [0.1, 0.15) is 60.2 Å². The number of carbonyl (C=O) groups is 3. The van der Waals surface area contributed by atoms with Gasteiger partial charge in [-0.3, -0.25) is 19.3 Å². The second-order valence-electron chi connectivity index (χ2n) is 8.13. The number of rotatable bonds is 12. The lowest BCUT2D eigenvalue weighted by molar-refractivity contribution is -0.122. The van der Waals surface area contributed by atoms with Gasteiger partial charge in [0.2, 0.25) is 5.91 Å². The number of nitrogens with one attached hydrogen (secondary N) is 1. The van der Waals surface area contributed by atoms with E-state index in [2.05, 4.69) is 23.5 Å². The Morgan fingerprint density at radius 1 is 1.15 bits per heavy atom. The van der Waals surface area contributed by atoms with Gasteiger partial charge in [-0.2, -0.15) is 4.37 Å². The Morgan fingerprint density at radius 3 is 2.35 bits per heavy atom. The molecule has 1 heterocycles. The molecule has 1 unspecified atom stereocenters. The van der Waals surface area contributed by atoms with E-state index >= 15 is 0 Å². The number of benzene rings is 1. The number of carbonyl (C=O) groups excluding carboxylic acids is 3. The number of nitrogens with zero attached hydrogens (tertiary/aromatic N) is 2. The number of hydrogen-bond donors (Lipinski definition) is 3. The van der Waals surface area contributed by atoms with Gasteiger partial charge in [-0.05, 0) is 42.4 Å². The fourth-order valence-corrected chi connectivity index (χ4v) is 4.15. The van der Waals surface area contributed by atoms with Crippen molar-refractivity contribution in [2.75, 3.05) is 31.4 Å². The van der Waals surface area contributed by atoms with E-state index < -0.39 is 17.9 Å². The van der Waals surface area contributed by atoms with Crippen LogP contribution in [0.15, 0.2) is 18.2 Å². The van der Waals surface area contributed by atoms with Crippen LogP contribution in [0.3, 0.4) is 0 Å². The Hall–Kier alpha value is -3.34. The Labute approximate surface area is 203 Å². The van der Waals surface area contributed by atoms with Crippen molar-refractivity contribution in [3.05, 3.63) is 28.8 Å². The summed E-state index contributed by atoms with van der Waals surface area (Å²) < 4.78 is 14.7. The zero-order valence-corrected chi connectivity index (χ0v) is 21.0. The second-order valence-corrected chi connectivity index (χ2v) is 8.90. The number of nitrogen functional groups attached to an aromatic ring is 1. The van der Waals surface area contributed by atoms with E-state index in [-0.39, 0.29) is 22.2 Å². The number of hydrogen-bond acceptors (Lipinski definition) is 8. The molecule has 5 N–H and O–H groups in total. The van der Waals surface area contributed by atoms with E-state index in [0.29, 0.717) is 42.5 Å². The highest BCUT2D eigenvalue weighted by Crippen LogP contribution is 2.35. The molecule has 0 aliphatic carbocycles. The summed E-state index contributed by atoms with van der Waals surface area (Å²) in [5, 5.41) is 2.94. The van der Waals surface area contributed by atoms with Gasteiger partial charge in [0.05, 0.1) is 19.9 Å². The summed E-state index contributed by atoms with van der Waals surface area (Å²) in [6, 6.07) is 4.10. The van der Waals surface area contributed by atoms with Crippen molar-refractivity contribution in [3.63, 3.8) is 0 Å². The van der Waals surface area contributed by atoms with Crippen LogP contribution in [-0.2, 0) is 4.79 Å². The normalized spacial score (nSPS) is 11.7. The number of nitrogens with two attached hydrogens (primary N) is 2. The molecule has 0 saturated heterocycles. The van der Waals surface area contributed by atoms with Crippen molar-refractivity contribution in [2.45, 2.75) is 46.1 Å². The first-order valence-electron chi connectivity index (χ1n) is 11.0. The summed E-state index contributed by atoms with van der Waals surface area (Å²) in [7, 11) is 2.99. The van der Waals surface area contributed by atoms with Crippen molar-refractivity contribution < 1.29 is 23.9 Å². The van der Waals surface area contributed by atoms with Crippen LogP contribution in [0.5, 0.6) is 11.5 Å².